The molecule has 1 aliphatic carbocycles. The van der Waals surface area contributed by atoms with Crippen LogP contribution in [0, 0.1) is 17.2 Å². The standard InChI is InChI=1S/C22H23F2N5O3S/c1-21(2,3)33(31,32)15-6-4-14(5-7-15)27-19-18-16(8-9-26-20(18)30)29(28-19)17-11-22(23,24)10-13(17)12-25/h4-9,13,17H,10-11H2,1-3H3,(H,26,30)(H,27,28)/t13-,17+/m1/s1. The van der Waals surface area contributed by atoms with Crippen LogP contribution >= 0.6 is 0 Å². The number of aromatic amines is 1. The van der Waals surface area contributed by atoms with Crippen molar-refractivity contribution in [2.24, 2.45) is 5.92 Å². The van der Waals surface area contributed by atoms with Crippen molar-refractivity contribution in [1.82, 2.24) is 14.8 Å². The second-order valence-corrected chi connectivity index (χ2v) is 11.9. The number of H-pyrrole nitrogens is 1. The summed E-state index contributed by atoms with van der Waals surface area (Å²) in [5.74, 6) is -3.81. The molecule has 174 valence electrons. The van der Waals surface area contributed by atoms with Crippen molar-refractivity contribution in [1.29, 1.82) is 5.26 Å². The number of pyridine rings is 1. The van der Waals surface area contributed by atoms with Crippen molar-refractivity contribution in [2.45, 2.75) is 55.2 Å². The van der Waals surface area contributed by atoms with Gasteiger partial charge in [-0.15, -0.1) is 0 Å². The number of nitrogens with zero attached hydrogens (tertiary/aromatic N) is 3. The number of sulfone groups is 1. The summed E-state index contributed by atoms with van der Waals surface area (Å²) < 4.78 is 53.7. The number of alkyl halides is 2. The second-order valence-electron chi connectivity index (χ2n) is 9.19. The van der Waals surface area contributed by atoms with E-state index < -0.39 is 50.9 Å². The molecule has 1 saturated carbocycles. The lowest BCUT2D eigenvalue weighted by atomic mass is 10.1. The molecule has 2 aromatic heterocycles. The lowest BCUT2D eigenvalue weighted by Crippen LogP contribution is -2.27. The molecule has 0 radical (unpaired) electrons. The highest BCUT2D eigenvalue weighted by atomic mass is 32.2. The van der Waals surface area contributed by atoms with E-state index in [4.69, 9.17) is 0 Å². The van der Waals surface area contributed by atoms with E-state index in [-0.39, 0.29) is 16.1 Å². The summed E-state index contributed by atoms with van der Waals surface area (Å²) in [5, 5.41) is 16.9. The largest absolute Gasteiger partial charge is 0.338 e. The van der Waals surface area contributed by atoms with Gasteiger partial charge in [-0.25, -0.2) is 17.2 Å². The number of halogens is 2. The Labute approximate surface area is 189 Å². The van der Waals surface area contributed by atoms with E-state index in [2.05, 4.69) is 15.4 Å². The molecule has 11 heteroatoms. The van der Waals surface area contributed by atoms with Crippen LogP contribution < -0.4 is 10.9 Å². The minimum absolute atomic E-state index is 0.130. The van der Waals surface area contributed by atoms with E-state index in [9.17, 15) is 27.3 Å². The summed E-state index contributed by atoms with van der Waals surface area (Å²) in [6, 6.07) is 8.60. The monoisotopic (exact) mass is 475 g/mol. The molecule has 0 saturated heterocycles. The minimum Gasteiger partial charge on any atom is -0.338 e. The highest BCUT2D eigenvalue weighted by Gasteiger charge is 2.48. The number of hydrogen-bond donors (Lipinski definition) is 2. The lowest BCUT2D eigenvalue weighted by Gasteiger charge is -2.19. The topological polar surface area (TPSA) is 121 Å². The zero-order chi connectivity index (χ0) is 24.2. The maximum atomic E-state index is 14.0. The van der Waals surface area contributed by atoms with E-state index in [1.54, 1.807) is 39.0 Å². The molecule has 2 heterocycles. The van der Waals surface area contributed by atoms with Gasteiger partial charge in [0.05, 0.1) is 33.2 Å². The maximum absolute atomic E-state index is 14.0. The number of hydrogen-bond acceptors (Lipinski definition) is 6. The Morgan fingerprint density at radius 1 is 1.21 bits per heavy atom. The van der Waals surface area contributed by atoms with Crippen LogP contribution in [-0.2, 0) is 9.84 Å². The number of rotatable bonds is 4. The summed E-state index contributed by atoms with van der Waals surface area (Å²) in [6.07, 6.45) is 0.284. The molecule has 8 nitrogen and oxygen atoms in total. The van der Waals surface area contributed by atoms with Gasteiger partial charge < -0.3 is 10.3 Å². The fourth-order valence-electron chi connectivity index (χ4n) is 4.03. The normalized spacial score (nSPS) is 20.6. The Morgan fingerprint density at radius 3 is 2.48 bits per heavy atom. The van der Waals surface area contributed by atoms with Crippen LogP contribution in [0.25, 0.3) is 10.9 Å². The van der Waals surface area contributed by atoms with Crippen LogP contribution in [0.4, 0.5) is 20.3 Å². The molecule has 4 rings (SSSR count). The minimum atomic E-state index is -3.54. The number of anilines is 2. The molecule has 0 amide bonds. The van der Waals surface area contributed by atoms with Crippen LogP contribution in [0.2, 0.25) is 0 Å². The number of nitriles is 1. The smallest absolute Gasteiger partial charge is 0.261 e. The first-order chi connectivity index (χ1) is 15.3. The van der Waals surface area contributed by atoms with Gasteiger partial charge in [0.2, 0.25) is 0 Å². The SMILES string of the molecule is CC(C)(C)S(=O)(=O)c1ccc(Nc2nn([C@H]3CC(F)(F)C[C@@H]3C#N)c3cc[nH]c(=O)c23)cc1. The molecule has 1 aliphatic rings. The number of fused-ring (bicyclic) bond motifs is 1. The molecule has 33 heavy (non-hydrogen) atoms. The van der Waals surface area contributed by atoms with Crippen molar-refractivity contribution in [2.75, 3.05) is 5.32 Å². The maximum Gasteiger partial charge on any atom is 0.261 e. The van der Waals surface area contributed by atoms with E-state index in [1.165, 1.54) is 23.0 Å². The molecule has 0 unspecified atom stereocenters. The summed E-state index contributed by atoms with van der Waals surface area (Å²) >= 11 is 0. The Bertz CT molecular complexity index is 1410. The molecular formula is C22H23F2N5O3S. The Hall–Kier alpha value is -3.26. The third-order valence-electron chi connectivity index (χ3n) is 5.83. The summed E-state index contributed by atoms with van der Waals surface area (Å²) in [4.78, 5) is 15.3. The predicted octanol–water partition coefficient (Wildman–Crippen LogP) is 4.15. The van der Waals surface area contributed by atoms with Crippen molar-refractivity contribution in [3.8, 4) is 6.07 Å². The molecule has 0 aliphatic heterocycles. The average molecular weight is 476 g/mol. The highest BCUT2D eigenvalue weighted by molar-refractivity contribution is 7.92. The first kappa shape index (κ1) is 22.9. The fraction of sp³-hybridized carbons (Fsp3) is 0.409. The van der Waals surface area contributed by atoms with Gasteiger partial charge in [0.15, 0.2) is 15.7 Å². The van der Waals surface area contributed by atoms with Crippen LogP contribution in [0.15, 0.2) is 46.2 Å². The third kappa shape index (κ3) is 3.99. The van der Waals surface area contributed by atoms with Gasteiger partial charge in [-0.2, -0.15) is 10.4 Å². The van der Waals surface area contributed by atoms with Crippen molar-refractivity contribution in [3.05, 3.63) is 46.9 Å². The average Bonchev–Trinajstić information content (AvgIpc) is 3.25. The van der Waals surface area contributed by atoms with Gasteiger partial charge in [0, 0.05) is 24.7 Å². The number of benzene rings is 1. The van der Waals surface area contributed by atoms with Gasteiger partial charge in [0.1, 0.15) is 5.39 Å². The summed E-state index contributed by atoms with van der Waals surface area (Å²) in [6.45, 7) is 4.84. The number of nitrogens with one attached hydrogen (secondary N) is 2. The molecule has 2 N–H and O–H groups in total. The van der Waals surface area contributed by atoms with Gasteiger partial charge in [-0.3, -0.25) is 9.48 Å². The van der Waals surface area contributed by atoms with Crippen LogP contribution in [0.1, 0.15) is 39.7 Å². The quantitative estimate of drug-likeness (QED) is 0.585. The lowest BCUT2D eigenvalue weighted by molar-refractivity contribution is 0.00392. The van der Waals surface area contributed by atoms with Crippen LogP contribution in [0.5, 0.6) is 0 Å². The van der Waals surface area contributed by atoms with Gasteiger partial charge in [-0.05, 0) is 51.1 Å². The molecular weight excluding hydrogens is 452 g/mol. The Balaban J connectivity index is 1.74. The first-order valence-corrected chi connectivity index (χ1v) is 11.8. The molecule has 2 atom stereocenters. The molecule has 0 spiro atoms. The van der Waals surface area contributed by atoms with Gasteiger partial charge in [0.25, 0.3) is 11.5 Å². The summed E-state index contributed by atoms with van der Waals surface area (Å²) in [7, 11) is -3.54. The molecule has 0 bridgehead atoms. The highest BCUT2D eigenvalue weighted by Crippen LogP contribution is 2.46. The van der Waals surface area contributed by atoms with E-state index in [0.717, 1.165) is 0 Å². The fourth-order valence-corrected chi connectivity index (χ4v) is 5.23. The number of aromatic nitrogens is 3. The molecule has 3 aromatic rings. The zero-order valence-corrected chi connectivity index (χ0v) is 19.1. The molecule has 1 aromatic carbocycles. The second kappa shape index (κ2) is 7.66. The van der Waals surface area contributed by atoms with Crippen molar-refractivity contribution in [3.63, 3.8) is 0 Å². The summed E-state index contributed by atoms with van der Waals surface area (Å²) in [5.41, 5.74) is 0.328. The Kier molecular flexibility index (Phi) is 5.32. The van der Waals surface area contributed by atoms with Gasteiger partial charge in [-0.1, -0.05) is 0 Å². The molecule has 1 fully saturated rings. The van der Waals surface area contributed by atoms with E-state index in [1.807, 2.05) is 6.07 Å². The first-order valence-electron chi connectivity index (χ1n) is 10.3. The van der Waals surface area contributed by atoms with Crippen molar-refractivity contribution < 1.29 is 17.2 Å². The van der Waals surface area contributed by atoms with E-state index in [0.29, 0.717) is 11.2 Å². The third-order valence-corrected chi connectivity index (χ3v) is 8.34. The predicted molar refractivity (Wildman–Crippen MR) is 119 cm³/mol. The van der Waals surface area contributed by atoms with Crippen molar-refractivity contribution >= 4 is 32.2 Å². The van der Waals surface area contributed by atoms with E-state index >= 15 is 0 Å². The van der Waals surface area contributed by atoms with Crippen LogP contribution in [0.3, 0.4) is 0 Å². The Morgan fingerprint density at radius 2 is 1.88 bits per heavy atom. The zero-order valence-electron chi connectivity index (χ0n) is 18.3. The van der Waals surface area contributed by atoms with Gasteiger partial charge >= 0.3 is 0 Å². The van der Waals surface area contributed by atoms with Crippen LogP contribution in [-0.4, -0.2) is 33.9 Å².